The summed E-state index contributed by atoms with van der Waals surface area (Å²) >= 11 is 0. The second-order valence-corrected chi connectivity index (χ2v) is 9.65. The molecule has 2 fully saturated rings. The van der Waals surface area contributed by atoms with Crippen LogP contribution in [0.15, 0.2) is 23.2 Å². The average molecular weight is 451 g/mol. The van der Waals surface area contributed by atoms with E-state index >= 15 is 0 Å². The van der Waals surface area contributed by atoms with Gasteiger partial charge < -0.3 is 15.2 Å². The summed E-state index contributed by atoms with van der Waals surface area (Å²) in [5.41, 5.74) is 5.47. The van der Waals surface area contributed by atoms with Gasteiger partial charge in [0, 0.05) is 12.5 Å². The van der Waals surface area contributed by atoms with Crippen LogP contribution in [-0.4, -0.2) is 49.3 Å². The van der Waals surface area contributed by atoms with Crippen LogP contribution in [0.4, 0.5) is 13.2 Å². The Bertz CT molecular complexity index is 952. The quantitative estimate of drug-likeness (QED) is 0.743. The van der Waals surface area contributed by atoms with Crippen LogP contribution in [-0.2, 0) is 21.5 Å². The Morgan fingerprint density at radius 2 is 1.94 bits per heavy atom. The summed E-state index contributed by atoms with van der Waals surface area (Å²) in [7, 11) is 1.66. The third kappa shape index (κ3) is 3.36. The van der Waals surface area contributed by atoms with Gasteiger partial charge in [0.15, 0.2) is 11.5 Å². The number of nitrogens with zero attached hydrogens (tertiary/aromatic N) is 2. The van der Waals surface area contributed by atoms with Gasteiger partial charge in [-0.3, -0.25) is 9.69 Å². The van der Waals surface area contributed by atoms with Crippen LogP contribution in [0.1, 0.15) is 49.7 Å². The van der Waals surface area contributed by atoms with Crippen LogP contribution >= 0.6 is 0 Å². The number of rotatable bonds is 5. The van der Waals surface area contributed by atoms with Gasteiger partial charge in [-0.1, -0.05) is 6.07 Å². The first-order valence-electron chi connectivity index (χ1n) is 11.2. The maximum atomic E-state index is 13.8. The predicted octanol–water partition coefficient (Wildman–Crippen LogP) is 3.52. The third-order valence-corrected chi connectivity index (χ3v) is 7.62. The van der Waals surface area contributed by atoms with E-state index in [0.717, 1.165) is 31.2 Å². The highest BCUT2D eigenvalue weighted by Gasteiger charge is 2.67. The number of hydrogen-bond acceptors (Lipinski definition) is 5. The molecule has 6 nitrogen and oxygen atoms in total. The van der Waals surface area contributed by atoms with Crippen molar-refractivity contribution in [3.8, 4) is 5.75 Å². The lowest BCUT2D eigenvalue weighted by molar-refractivity contribution is -0.158. The molecule has 0 saturated heterocycles. The molecule has 1 atom stereocenters. The molecule has 1 heterocycles. The Morgan fingerprint density at radius 1 is 1.22 bits per heavy atom. The second kappa shape index (κ2) is 7.37. The van der Waals surface area contributed by atoms with Crippen molar-refractivity contribution in [2.75, 3.05) is 20.3 Å². The van der Waals surface area contributed by atoms with Crippen LogP contribution in [0, 0.1) is 11.3 Å². The summed E-state index contributed by atoms with van der Waals surface area (Å²) in [4.78, 5) is 18.9. The normalized spacial score (nSPS) is 32.0. The number of hydrogen-bond donors (Lipinski definition) is 1. The average Bonchev–Trinajstić information content (AvgIpc) is 3.50. The van der Waals surface area contributed by atoms with Crippen LogP contribution < -0.4 is 10.5 Å². The van der Waals surface area contributed by atoms with Crippen molar-refractivity contribution >= 4 is 11.9 Å². The van der Waals surface area contributed by atoms with E-state index in [1.807, 2.05) is 12.1 Å². The minimum absolute atomic E-state index is 0.0722. The van der Waals surface area contributed by atoms with Crippen LogP contribution in [0.25, 0.3) is 0 Å². The first-order chi connectivity index (χ1) is 15.2. The van der Waals surface area contributed by atoms with E-state index in [9.17, 15) is 18.0 Å². The Labute approximate surface area is 184 Å². The van der Waals surface area contributed by atoms with Gasteiger partial charge in [-0.05, 0) is 74.1 Å². The zero-order valence-electron chi connectivity index (χ0n) is 18.1. The van der Waals surface area contributed by atoms with E-state index in [1.165, 1.54) is 0 Å². The minimum atomic E-state index is -4.57. The SMILES string of the molecule is COC1CCC2(CC1)Cc1ccc(OCC3CC3)cc1C21N=C(N)N(CC(F)(F)F)C1=O. The zero-order chi connectivity index (χ0) is 22.7. The van der Waals surface area contributed by atoms with E-state index < -0.39 is 29.6 Å². The van der Waals surface area contributed by atoms with Crippen LogP contribution in [0.5, 0.6) is 5.75 Å². The monoisotopic (exact) mass is 451 g/mol. The lowest BCUT2D eigenvalue weighted by Crippen LogP contribution is -2.53. The molecule has 1 amide bonds. The van der Waals surface area contributed by atoms with E-state index in [-0.39, 0.29) is 12.1 Å². The van der Waals surface area contributed by atoms with Crippen molar-refractivity contribution in [2.45, 2.75) is 62.8 Å². The number of benzene rings is 1. The maximum absolute atomic E-state index is 13.8. The molecule has 0 aromatic heterocycles. The summed E-state index contributed by atoms with van der Waals surface area (Å²) in [6.07, 6.45) is 1.06. The van der Waals surface area contributed by atoms with Crippen molar-refractivity contribution in [1.82, 2.24) is 4.90 Å². The number of guanidine groups is 1. The Hall–Kier alpha value is -2.29. The molecular formula is C23H28F3N3O3. The number of nitrogens with two attached hydrogens (primary N) is 1. The van der Waals surface area contributed by atoms with Gasteiger partial charge in [-0.25, -0.2) is 4.99 Å². The molecule has 0 bridgehead atoms. The molecule has 4 aliphatic rings. The van der Waals surface area contributed by atoms with Gasteiger partial charge in [0.25, 0.3) is 5.91 Å². The van der Waals surface area contributed by atoms with E-state index in [2.05, 4.69) is 4.99 Å². The standard InChI is InChI=1S/C23H28F3N3O3/c1-31-16-6-8-21(9-7-16)11-15-4-5-17(32-12-14-2-3-14)10-18(15)23(21)19(30)29(20(27)28-23)13-22(24,25)26/h4-5,10,14,16H,2-3,6-9,11-13H2,1H3,(H2,27,28). The molecule has 3 aliphatic carbocycles. The highest BCUT2D eigenvalue weighted by atomic mass is 19.4. The molecule has 1 aromatic carbocycles. The van der Waals surface area contributed by atoms with E-state index in [4.69, 9.17) is 15.2 Å². The first-order valence-corrected chi connectivity index (χ1v) is 11.2. The number of ether oxygens (including phenoxy) is 2. The van der Waals surface area contributed by atoms with Crippen molar-refractivity contribution in [3.63, 3.8) is 0 Å². The molecule has 2 saturated carbocycles. The molecule has 1 aliphatic heterocycles. The molecule has 9 heteroatoms. The molecule has 174 valence electrons. The minimum Gasteiger partial charge on any atom is -0.493 e. The van der Waals surface area contributed by atoms with Gasteiger partial charge in [-0.15, -0.1) is 0 Å². The van der Waals surface area contributed by atoms with Gasteiger partial charge in [-0.2, -0.15) is 13.2 Å². The summed E-state index contributed by atoms with van der Waals surface area (Å²) in [6.45, 7) is -0.834. The number of amides is 1. The summed E-state index contributed by atoms with van der Waals surface area (Å²) in [5.74, 6) is 0.129. The summed E-state index contributed by atoms with van der Waals surface area (Å²) in [6, 6.07) is 5.62. The smallest absolute Gasteiger partial charge is 0.406 e. The fourth-order valence-corrected chi connectivity index (χ4v) is 5.76. The molecule has 2 N–H and O–H groups in total. The number of halogens is 3. The molecule has 2 spiro atoms. The highest BCUT2D eigenvalue weighted by Crippen LogP contribution is 2.62. The molecule has 32 heavy (non-hydrogen) atoms. The van der Waals surface area contributed by atoms with E-state index in [1.54, 1.807) is 13.2 Å². The molecular weight excluding hydrogens is 423 g/mol. The number of carbonyl (C=O) groups excluding carboxylic acids is 1. The van der Waals surface area contributed by atoms with Gasteiger partial charge >= 0.3 is 6.18 Å². The third-order valence-electron chi connectivity index (χ3n) is 7.62. The highest BCUT2D eigenvalue weighted by molar-refractivity contribution is 6.08. The first kappa shape index (κ1) is 21.6. The fourth-order valence-electron chi connectivity index (χ4n) is 5.76. The van der Waals surface area contributed by atoms with E-state index in [0.29, 0.717) is 48.0 Å². The Balaban J connectivity index is 1.57. The Kier molecular flexibility index (Phi) is 4.96. The van der Waals surface area contributed by atoms with Gasteiger partial charge in [0.2, 0.25) is 0 Å². The fraction of sp³-hybridized carbons (Fsp3) is 0.652. The maximum Gasteiger partial charge on any atom is 0.406 e. The van der Waals surface area contributed by atoms with Crippen LogP contribution in [0.3, 0.4) is 0 Å². The summed E-state index contributed by atoms with van der Waals surface area (Å²) < 4.78 is 51.2. The molecule has 1 aromatic rings. The molecule has 1 unspecified atom stereocenters. The van der Waals surface area contributed by atoms with Crippen molar-refractivity contribution in [3.05, 3.63) is 29.3 Å². The van der Waals surface area contributed by atoms with Crippen molar-refractivity contribution < 1.29 is 27.4 Å². The Morgan fingerprint density at radius 3 is 2.56 bits per heavy atom. The van der Waals surface area contributed by atoms with Gasteiger partial charge in [0.1, 0.15) is 12.3 Å². The van der Waals surface area contributed by atoms with Gasteiger partial charge in [0.05, 0.1) is 12.7 Å². The lowest BCUT2D eigenvalue weighted by Gasteiger charge is -2.45. The number of fused-ring (bicyclic) bond motifs is 3. The second-order valence-electron chi connectivity index (χ2n) is 9.65. The number of carbonyl (C=O) groups is 1. The number of aliphatic imine (C=N–C) groups is 1. The summed E-state index contributed by atoms with van der Waals surface area (Å²) in [5, 5.41) is 0. The number of alkyl halides is 3. The van der Waals surface area contributed by atoms with Crippen molar-refractivity contribution in [1.29, 1.82) is 0 Å². The number of methoxy groups -OCH3 is 1. The zero-order valence-corrected chi connectivity index (χ0v) is 18.1. The largest absolute Gasteiger partial charge is 0.493 e. The lowest BCUT2D eigenvalue weighted by atomic mass is 9.61. The molecule has 0 radical (unpaired) electrons. The van der Waals surface area contributed by atoms with Crippen molar-refractivity contribution in [2.24, 2.45) is 22.1 Å². The van der Waals surface area contributed by atoms with Crippen LogP contribution in [0.2, 0.25) is 0 Å². The predicted molar refractivity (Wildman–Crippen MR) is 111 cm³/mol. The topological polar surface area (TPSA) is 77.2 Å². The molecule has 5 rings (SSSR count).